The molecule has 0 radical (unpaired) electrons. The zero-order chi connectivity index (χ0) is 13.8. The summed E-state index contributed by atoms with van der Waals surface area (Å²) in [5.41, 5.74) is 0.731. The first kappa shape index (κ1) is 13.7. The Hall–Kier alpha value is -1.75. The Bertz CT molecular complexity index is 534. The molecule has 0 aliphatic carbocycles. The van der Waals surface area contributed by atoms with Crippen LogP contribution < -0.4 is 9.47 Å². The minimum atomic E-state index is -0.245. The Labute approximate surface area is 116 Å². The van der Waals surface area contributed by atoms with Crippen LogP contribution in [0.15, 0.2) is 22.7 Å². The van der Waals surface area contributed by atoms with E-state index in [0.717, 1.165) is 12.0 Å². The number of hydrogen-bond acceptors (Lipinski definition) is 5. The molecule has 1 aromatic heterocycles. The lowest BCUT2D eigenvalue weighted by Gasteiger charge is -2.05. The van der Waals surface area contributed by atoms with Crippen LogP contribution in [0.3, 0.4) is 0 Å². The second kappa shape index (κ2) is 5.93. The van der Waals surface area contributed by atoms with Crippen molar-refractivity contribution in [3.63, 3.8) is 0 Å². The van der Waals surface area contributed by atoms with Gasteiger partial charge in [0.2, 0.25) is 0 Å². The molecule has 19 heavy (non-hydrogen) atoms. The topological polar surface area (TPSA) is 57.4 Å². The summed E-state index contributed by atoms with van der Waals surface area (Å²) < 4.78 is 15.6. The van der Waals surface area contributed by atoms with E-state index in [2.05, 4.69) is 10.1 Å². The van der Waals surface area contributed by atoms with Crippen LogP contribution in [-0.2, 0) is 0 Å². The Balaban J connectivity index is 2.37. The highest BCUT2D eigenvalue weighted by molar-refractivity contribution is 6.20. The average molecular weight is 283 g/mol. The summed E-state index contributed by atoms with van der Waals surface area (Å²) in [5.74, 6) is 2.20. The third kappa shape index (κ3) is 2.98. The van der Waals surface area contributed by atoms with Gasteiger partial charge in [0.1, 0.15) is 11.5 Å². The van der Waals surface area contributed by atoms with Gasteiger partial charge in [-0.25, -0.2) is 0 Å². The van der Waals surface area contributed by atoms with Crippen molar-refractivity contribution < 1.29 is 14.0 Å². The molecular formula is C13H15ClN2O3. The second-order valence-electron chi connectivity index (χ2n) is 3.93. The average Bonchev–Trinajstić information content (AvgIpc) is 2.95. The Morgan fingerprint density at radius 2 is 1.84 bits per heavy atom. The molecule has 0 spiro atoms. The van der Waals surface area contributed by atoms with Crippen LogP contribution in [0.2, 0.25) is 0 Å². The lowest BCUT2D eigenvalue weighted by molar-refractivity contribution is 0.392. The highest BCUT2D eigenvalue weighted by Gasteiger charge is 2.16. The minimum Gasteiger partial charge on any atom is -0.497 e. The number of hydrogen-bond donors (Lipinski definition) is 0. The highest BCUT2D eigenvalue weighted by Crippen LogP contribution is 2.30. The molecule has 0 fully saturated rings. The third-order valence-corrected chi connectivity index (χ3v) is 3.18. The Morgan fingerprint density at radius 3 is 2.37 bits per heavy atom. The van der Waals surface area contributed by atoms with E-state index >= 15 is 0 Å². The summed E-state index contributed by atoms with van der Waals surface area (Å²) in [6.07, 6.45) is 0.738. The van der Waals surface area contributed by atoms with E-state index in [0.29, 0.717) is 23.2 Å². The number of methoxy groups -OCH3 is 2. The Morgan fingerprint density at radius 1 is 1.21 bits per heavy atom. The lowest BCUT2D eigenvalue weighted by atomic mass is 10.2. The van der Waals surface area contributed by atoms with Crippen molar-refractivity contribution >= 4 is 11.6 Å². The SMILES string of the molecule is CCC(Cl)c1noc(-c2cc(OC)cc(OC)c2)n1. The van der Waals surface area contributed by atoms with Crippen molar-refractivity contribution in [2.75, 3.05) is 14.2 Å². The first-order valence-electron chi connectivity index (χ1n) is 5.89. The van der Waals surface area contributed by atoms with E-state index in [9.17, 15) is 0 Å². The summed E-state index contributed by atoms with van der Waals surface area (Å²) >= 11 is 6.07. The van der Waals surface area contributed by atoms with E-state index < -0.39 is 0 Å². The maximum Gasteiger partial charge on any atom is 0.258 e. The zero-order valence-electron chi connectivity index (χ0n) is 11.0. The van der Waals surface area contributed by atoms with Crippen molar-refractivity contribution in [3.8, 4) is 23.0 Å². The van der Waals surface area contributed by atoms with Crippen molar-refractivity contribution in [3.05, 3.63) is 24.0 Å². The van der Waals surface area contributed by atoms with Crippen LogP contribution in [0.4, 0.5) is 0 Å². The van der Waals surface area contributed by atoms with Gasteiger partial charge in [-0.1, -0.05) is 12.1 Å². The van der Waals surface area contributed by atoms with Crippen LogP contribution in [0.1, 0.15) is 24.5 Å². The van der Waals surface area contributed by atoms with Crippen LogP contribution in [-0.4, -0.2) is 24.4 Å². The van der Waals surface area contributed by atoms with Gasteiger partial charge in [-0.15, -0.1) is 11.6 Å². The predicted molar refractivity (Wildman–Crippen MR) is 71.7 cm³/mol. The van der Waals surface area contributed by atoms with Crippen LogP contribution in [0, 0.1) is 0 Å². The fourth-order valence-corrected chi connectivity index (χ4v) is 1.68. The number of ether oxygens (including phenoxy) is 2. The maximum absolute atomic E-state index is 6.07. The second-order valence-corrected chi connectivity index (χ2v) is 4.46. The molecule has 0 saturated heterocycles. The molecule has 6 heteroatoms. The standard InChI is InChI=1S/C13H15ClN2O3/c1-4-11(14)12-15-13(19-16-12)8-5-9(17-2)7-10(6-8)18-3/h5-7,11H,4H2,1-3H3. The molecule has 1 aromatic carbocycles. The molecule has 1 unspecified atom stereocenters. The lowest BCUT2D eigenvalue weighted by Crippen LogP contribution is -1.91. The smallest absolute Gasteiger partial charge is 0.258 e. The molecule has 2 aromatic rings. The summed E-state index contributed by atoms with van der Waals surface area (Å²) in [4.78, 5) is 4.28. The van der Waals surface area contributed by atoms with Gasteiger partial charge in [0.15, 0.2) is 5.82 Å². The van der Waals surface area contributed by atoms with Crippen molar-refractivity contribution in [1.82, 2.24) is 10.1 Å². The van der Waals surface area contributed by atoms with Gasteiger partial charge in [-0.2, -0.15) is 4.98 Å². The van der Waals surface area contributed by atoms with Crippen molar-refractivity contribution in [2.45, 2.75) is 18.7 Å². The molecule has 2 rings (SSSR count). The van der Waals surface area contributed by atoms with Gasteiger partial charge in [-0.3, -0.25) is 0 Å². The number of halogens is 1. The molecule has 0 N–H and O–H groups in total. The van der Waals surface area contributed by atoms with Gasteiger partial charge >= 0.3 is 0 Å². The molecule has 0 amide bonds. The molecule has 0 bridgehead atoms. The van der Waals surface area contributed by atoms with Crippen molar-refractivity contribution in [2.24, 2.45) is 0 Å². The zero-order valence-corrected chi connectivity index (χ0v) is 11.8. The highest BCUT2D eigenvalue weighted by atomic mass is 35.5. The number of aromatic nitrogens is 2. The largest absolute Gasteiger partial charge is 0.497 e. The third-order valence-electron chi connectivity index (χ3n) is 2.68. The molecule has 1 heterocycles. The van der Waals surface area contributed by atoms with Crippen LogP contribution >= 0.6 is 11.6 Å². The minimum absolute atomic E-state index is 0.245. The maximum atomic E-state index is 6.07. The van der Waals surface area contributed by atoms with Gasteiger partial charge in [0.25, 0.3) is 5.89 Å². The quantitative estimate of drug-likeness (QED) is 0.786. The summed E-state index contributed by atoms with van der Waals surface area (Å²) in [7, 11) is 3.17. The number of alkyl halides is 1. The summed E-state index contributed by atoms with van der Waals surface area (Å²) in [6.45, 7) is 1.96. The normalized spacial score (nSPS) is 12.2. The summed E-state index contributed by atoms with van der Waals surface area (Å²) in [6, 6.07) is 5.38. The molecular weight excluding hydrogens is 268 g/mol. The number of nitrogens with zero attached hydrogens (tertiary/aromatic N) is 2. The van der Waals surface area contributed by atoms with Gasteiger partial charge in [0.05, 0.1) is 19.6 Å². The van der Waals surface area contributed by atoms with E-state index in [1.54, 1.807) is 32.4 Å². The molecule has 0 aliphatic rings. The first-order valence-corrected chi connectivity index (χ1v) is 6.32. The van der Waals surface area contributed by atoms with E-state index in [-0.39, 0.29) is 5.38 Å². The number of rotatable bonds is 5. The fraction of sp³-hybridized carbons (Fsp3) is 0.385. The molecule has 5 nitrogen and oxygen atoms in total. The fourth-order valence-electron chi connectivity index (χ4n) is 1.59. The predicted octanol–water partition coefficient (Wildman–Crippen LogP) is 3.44. The molecule has 0 saturated carbocycles. The van der Waals surface area contributed by atoms with Gasteiger partial charge in [-0.05, 0) is 18.6 Å². The number of benzene rings is 1. The van der Waals surface area contributed by atoms with Crippen molar-refractivity contribution in [1.29, 1.82) is 0 Å². The van der Waals surface area contributed by atoms with E-state index in [1.165, 1.54) is 0 Å². The van der Waals surface area contributed by atoms with E-state index in [4.69, 9.17) is 25.6 Å². The van der Waals surface area contributed by atoms with Gasteiger partial charge in [0, 0.05) is 11.6 Å². The molecule has 0 aliphatic heterocycles. The van der Waals surface area contributed by atoms with Crippen LogP contribution in [0.25, 0.3) is 11.5 Å². The van der Waals surface area contributed by atoms with Crippen LogP contribution in [0.5, 0.6) is 11.5 Å². The summed E-state index contributed by atoms with van der Waals surface area (Å²) in [5, 5.41) is 3.63. The monoisotopic (exact) mass is 282 g/mol. The van der Waals surface area contributed by atoms with E-state index in [1.807, 2.05) is 6.92 Å². The molecule has 1 atom stereocenters. The Kier molecular flexibility index (Phi) is 4.27. The van der Waals surface area contributed by atoms with Gasteiger partial charge < -0.3 is 14.0 Å². The first-order chi connectivity index (χ1) is 9.17. The molecule has 102 valence electrons.